The number of imidazole rings is 1. The zero-order valence-electron chi connectivity index (χ0n) is 13.4. The number of ether oxygens (including phenoxy) is 2. The smallest absolute Gasteiger partial charge is 0.270 e. The summed E-state index contributed by atoms with van der Waals surface area (Å²) < 4.78 is 12.4. The molecule has 0 aliphatic carbocycles. The molecular weight excluding hydrogens is 282 g/mol. The second kappa shape index (κ2) is 7.79. The number of hydrogen-bond acceptors (Lipinski definition) is 4. The van der Waals surface area contributed by atoms with Crippen molar-refractivity contribution in [1.29, 1.82) is 0 Å². The van der Waals surface area contributed by atoms with Crippen molar-refractivity contribution in [2.75, 3.05) is 26.9 Å². The van der Waals surface area contributed by atoms with Crippen LogP contribution < -0.4 is 10.1 Å². The molecule has 2 rings (SSSR count). The van der Waals surface area contributed by atoms with Crippen molar-refractivity contribution in [3.8, 4) is 5.75 Å². The molecule has 6 heteroatoms. The Hall–Kier alpha value is -2.08. The standard InChI is InChI=1S/C16H23N3O3/c1-4-12-14(16(20)17-9-7-11-22-5-2)19-10-6-8-13(21-3)15(19)18-12/h6,8,10H,4-5,7,9,11H2,1-3H3,(H,17,20). The van der Waals surface area contributed by atoms with Crippen LogP contribution in [0.15, 0.2) is 18.3 Å². The van der Waals surface area contributed by atoms with Crippen LogP contribution in [0.3, 0.4) is 0 Å². The number of methoxy groups -OCH3 is 1. The van der Waals surface area contributed by atoms with Gasteiger partial charge in [-0.15, -0.1) is 0 Å². The molecule has 0 atom stereocenters. The molecule has 0 aliphatic heterocycles. The minimum Gasteiger partial charge on any atom is -0.493 e. The van der Waals surface area contributed by atoms with Gasteiger partial charge < -0.3 is 14.8 Å². The van der Waals surface area contributed by atoms with Crippen LogP contribution in [0.4, 0.5) is 0 Å². The summed E-state index contributed by atoms with van der Waals surface area (Å²) in [6, 6.07) is 3.68. The van der Waals surface area contributed by atoms with Crippen molar-refractivity contribution >= 4 is 11.6 Å². The highest BCUT2D eigenvalue weighted by molar-refractivity contribution is 5.95. The lowest BCUT2D eigenvalue weighted by Gasteiger charge is -2.07. The molecule has 0 bridgehead atoms. The Balaban J connectivity index is 2.20. The van der Waals surface area contributed by atoms with E-state index < -0.39 is 0 Å². The third-order valence-electron chi connectivity index (χ3n) is 3.41. The maximum atomic E-state index is 12.5. The fraction of sp³-hybridized carbons (Fsp3) is 0.500. The zero-order chi connectivity index (χ0) is 15.9. The summed E-state index contributed by atoms with van der Waals surface area (Å²) in [5.41, 5.74) is 2.01. The third-order valence-corrected chi connectivity index (χ3v) is 3.41. The van der Waals surface area contributed by atoms with E-state index in [0.29, 0.717) is 43.3 Å². The molecule has 0 radical (unpaired) electrons. The molecule has 0 aromatic carbocycles. The van der Waals surface area contributed by atoms with E-state index in [9.17, 15) is 4.79 Å². The molecule has 2 heterocycles. The Bertz CT molecular complexity index is 637. The van der Waals surface area contributed by atoms with Crippen LogP contribution in [-0.2, 0) is 11.2 Å². The lowest BCUT2D eigenvalue weighted by atomic mass is 10.2. The van der Waals surface area contributed by atoms with Gasteiger partial charge in [0, 0.05) is 26.0 Å². The van der Waals surface area contributed by atoms with Crippen LogP contribution in [0.2, 0.25) is 0 Å². The second-order valence-electron chi connectivity index (χ2n) is 4.84. The van der Waals surface area contributed by atoms with E-state index in [4.69, 9.17) is 9.47 Å². The van der Waals surface area contributed by atoms with Crippen molar-refractivity contribution in [3.05, 3.63) is 29.7 Å². The van der Waals surface area contributed by atoms with Gasteiger partial charge in [-0.05, 0) is 31.9 Å². The van der Waals surface area contributed by atoms with Gasteiger partial charge in [0.25, 0.3) is 5.91 Å². The Morgan fingerprint density at radius 2 is 2.23 bits per heavy atom. The molecule has 0 saturated carbocycles. The molecular formula is C16H23N3O3. The number of aryl methyl sites for hydroxylation is 1. The molecule has 1 amide bonds. The zero-order valence-corrected chi connectivity index (χ0v) is 13.4. The van der Waals surface area contributed by atoms with E-state index in [-0.39, 0.29) is 5.91 Å². The lowest BCUT2D eigenvalue weighted by Crippen LogP contribution is -2.27. The fourth-order valence-electron chi connectivity index (χ4n) is 2.34. The Kier molecular flexibility index (Phi) is 5.77. The molecule has 0 saturated heterocycles. The van der Waals surface area contributed by atoms with Gasteiger partial charge in [0.15, 0.2) is 11.4 Å². The van der Waals surface area contributed by atoms with E-state index >= 15 is 0 Å². The highest BCUT2D eigenvalue weighted by atomic mass is 16.5. The number of nitrogens with zero attached hydrogens (tertiary/aromatic N) is 2. The first-order valence-electron chi connectivity index (χ1n) is 7.62. The van der Waals surface area contributed by atoms with Crippen LogP contribution in [-0.4, -0.2) is 42.2 Å². The highest BCUT2D eigenvalue weighted by Crippen LogP contribution is 2.22. The first kappa shape index (κ1) is 16.3. The summed E-state index contributed by atoms with van der Waals surface area (Å²) in [5.74, 6) is 0.543. The van der Waals surface area contributed by atoms with E-state index in [2.05, 4.69) is 10.3 Å². The quantitative estimate of drug-likeness (QED) is 0.758. The number of rotatable bonds is 8. The number of carbonyl (C=O) groups excluding carboxylic acids is 1. The molecule has 0 unspecified atom stereocenters. The number of pyridine rings is 1. The van der Waals surface area contributed by atoms with Gasteiger partial charge in [-0.3, -0.25) is 9.20 Å². The van der Waals surface area contributed by atoms with Crippen molar-refractivity contribution in [3.63, 3.8) is 0 Å². The SMILES string of the molecule is CCOCCCNC(=O)c1c(CC)nc2c(OC)cccn12. The number of carbonyl (C=O) groups is 1. The molecule has 0 spiro atoms. The summed E-state index contributed by atoms with van der Waals surface area (Å²) in [6.45, 7) is 5.87. The van der Waals surface area contributed by atoms with Gasteiger partial charge >= 0.3 is 0 Å². The van der Waals surface area contributed by atoms with Crippen molar-refractivity contribution < 1.29 is 14.3 Å². The molecule has 6 nitrogen and oxygen atoms in total. The van der Waals surface area contributed by atoms with E-state index in [1.54, 1.807) is 11.5 Å². The molecule has 22 heavy (non-hydrogen) atoms. The largest absolute Gasteiger partial charge is 0.493 e. The van der Waals surface area contributed by atoms with Crippen LogP contribution in [0.25, 0.3) is 5.65 Å². The lowest BCUT2D eigenvalue weighted by molar-refractivity contribution is 0.0937. The van der Waals surface area contributed by atoms with Crippen LogP contribution in [0.5, 0.6) is 5.75 Å². The monoisotopic (exact) mass is 305 g/mol. The van der Waals surface area contributed by atoms with Crippen molar-refractivity contribution in [2.24, 2.45) is 0 Å². The predicted octanol–water partition coefficient (Wildman–Crippen LogP) is 2.06. The Morgan fingerprint density at radius 3 is 2.91 bits per heavy atom. The van der Waals surface area contributed by atoms with Gasteiger partial charge in [0.05, 0.1) is 12.8 Å². The van der Waals surface area contributed by atoms with E-state index in [1.165, 1.54) is 0 Å². The molecule has 0 fully saturated rings. The maximum Gasteiger partial charge on any atom is 0.270 e. The summed E-state index contributed by atoms with van der Waals surface area (Å²) in [4.78, 5) is 17.0. The van der Waals surface area contributed by atoms with Gasteiger partial charge in [-0.25, -0.2) is 4.98 Å². The Morgan fingerprint density at radius 1 is 1.41 bits per heavy atom. The van der Waals surface area contributed by atoms with Gasteiger partial charge in [-0.2, -0.15) is 0 Å². The first-order valence-corrected chi connectivity index (χ1v) is 7.62. The minimum absolute atomic E-state index is 0.117. The van der Waals surface area contributed by atoms with E-state index in [0.717, 1.165) is 12.1 Å². The summed E-state index contributed by atoms with van der Waals surface area (Å²) in [7, 11) is 1.60. The molecule has 120 valence electrons. The fourth-order valence-corrected chi connectivity index (χ4v) is 2.34. The van der Waals surface area contributed by atoms with Crippen molar-refractivity contribution in [2.45, 2.75) is 26.7 Å². The van der Waals surface area contributed by atoms with Crippen LogP contribution >= 0.6 is 0 Å². The number of aromatic nitrogens is 2. The predicted molar refractivity (Wildman–Crippen MR) is 84.6 cm³/mol. The maximum absolute atomic E-state index is 12.5. The van der Waals surface area contributed by atoms with Gasteiger partial charge in [-0.1, -0.05) is 6.92 Å². The highest BCUT2D eigenvalue weighted by Gasteiger charge is 2.19. The number of fused-ring (bicyclic) bond motifs is 1. The topological polar surface area (TPSA) is 64.9 Å². The normalized spacial score (nSPS) is 10.9. The average Bonchev–Trinajstić information content (AvgIpc) is 2.93. The minimum atomic E-state index is -0.117. The third kappa shape index (κ3) is 3.39. The van der Waals surface area contributed by atoms with Crippen LogP contribution in [0.1, 0.15) is 36.5 Å². The van der Waals surface area contributed by atoms with Crippen molar-refractivity contribution in [1.82, 2.24) is 14.7 Å². The second-order valence-corrected chi connectivity index (χ2v) is 4.84. The molecule has 1 N–H and O–H groups in total. The van der Waals surface area contributed by atoms with Crippen LogP contribution in [0, 0.1) is 0 Å². The Labute approximate surface area is 130 Å². The molecule has 2 aromatic rings. The molecule has 0 aliphatic rings. The van der Waals surface area contributed by atoms with Gasteiger partial charge in [0.2, 0.25) is 0 Å². The summed E-state index contributed by atoms with van der Waals surface area (Å²) in [6.07, 6.45) is 3.31. The first-order chi connectivity index (χ1) is 10.7. The number of amides is 1. The molecule has 2 aromatic heterocycles. The average molecular weight is 305 g/mol. The summed E-state index contributed by atoms with van der Waals surface area (Å²) >= 11 is 0. The van der Waals surface area contributed by atoms with E-state index in [1.807, 2.05) is 32.2 Å². The summed E-state index contributed by atoms with van der Waals surface area (Å²) in [5, 5.41) is 2.93. The number of nitrogens with one attached hydrogen (secondary N) is 1. The number of hydrogen-bond donors (Lipinski definition) is 1. The van der Waals surface area contributed by atoms with Gasteiger partial charge in [0.1, 0.15) is 5.69 Å².